The van der Waals surface area contributed by atoms with Crippen molar-refractivity contribution in [2.75, 3.05) is 45.1 Å². The van der Waals surface area contributed by atoms with E-state index < -0.39 is 5.97 Å². The second-order valence-electron chi connectivity index (χ2n) is 5.13. The highest BCUT2D eigenvalue weighted by Gasteiger charge is 2.16. The predicted molar refractivity (Wildman–Crippen MR) is 99.0 cm³/mol. The van der Waals surface area contributed by atoms with Crippen LogP contribution in [0.1, 0.15) is 12.5 Å². The number of thioether (sulfide) groups is 1. The van der Waals surface area contributed by atoms with Gasteiger partial charge >= 0.3 is 5.97 Å². The van der Waals surface area contributed by atoms with Gasteiger partial charge in [0.15, 0.2) is 5.57 Å². The zero-order chi connectivity index (χ0) is 18.7. The van der Waals surface area contributed by atoms with Gasteiger partial charge < -0.3 is 19.7 Å². The van der Waals surface area contributed by atoms with Crippen LogP contribution in [0.4, 0.5) is 5.82 Å². The molecule has 0 bridgehead atoms. The van der Waals surface area contributed by atoms with E-state index in [1.54, 1.807) is 12.5 Å². The van der Waals surface area contributed by atoms with Crippen molar-refractivity contribution in [3.63, 3.8) is 0 Å². The van der Waals surface area contributed by atoms with Crippen LogP contribution in [0, 0.1) is 11.3 Å². The van der Waals surface area contributed by atoms with Crippen LogP contribution >= 0.6 is 11.8 Å². The van der Waals surface area contributed by atoms with Crippen LogP contribution in [0.5, 0.6) is 0 Å². The summed E-state index contributed by atoms with van der Waals surface area (Å²) in [6.07, 6.45) is 3.55. The van der Waals surface area contributed by atoms with Gasteiger partial charge in [-0.1, -0.05) is 6.07 Å². The molecule has 7 nitrogen and oxygen atoms in total. The van der Waals surface area contributed by atoms with Crippen molar-refractivity contribution in [2.45, 2.75) is 13.5 Å². The summed E-state index contributed by atoms with van der Waals surface area (Å²) < 4.78 is 10.2. The van der Waals surface area contributed by atoms with E-state index in [1.807, 2.05) is 44.1 Å². The molecule has 0 radical (unpaired) electrons. The van der Waals surface area contributed by atoms with Crippen LogP contribution < -0.4 is 10.2 Å². The molecule has 0 unspecified atom stereocenters. The second kappa shape index (κ2) is 11.3. The van der Waals surface area contributed by atoms with Gasteiger partial charge in [0.05, 0.1) is 11.6 Å². The molecule has 0 aliphatic heterocycles. The van der Waals surface area contributed by atoms with E-state index >= 15 is 0 Å². The number of carbonyl (C=O) groups excluding carboxylic acids is 1. The van der Waals surface area contributed by atoms with E-state index in [0.717, 1.165) is 11.4 Å². The predicted octanol–water partition coefficient (Wildman–Crippen LogP) is 1.92. The van der Waals surface area contributed by atoms with Crippen molar-refractivity contribution >= 4 is 23.5 Å². The zero-order valence-electron chi connectivity index (χ0n) is 15.0. The first-order chi connectivity index (χ1) is 12.0. The molecule has 0 atom stereocenters. The Hall–Kier alpha value is -2.24. The number of nitriles is 1. The SMILES string of the molecule is CCOCCOC(=O)/C(C#N)=C(/NCc1ccc(N(C)C)nc1)SC. The third-order valence-electron chi connectivity index (χ3n) is 3.13. The Morgan fingerprint density at radius 3 is 2.68 bits per heavy atom. The number of hydrogen-bond donors (Lipinski definition) is 1. The third kappa shape index (κ3) is 7.03. The number of aromatic nitrogens is 1. The topological polar surface area (TPSA) is 87.5 Å². The Morgan fingerprint density at radius 2 is 2.16 bits per heavy atom. The van der Waals surface area contributed by atoms with E-state index in [1.165, 1.54) is 11.8 Å². The normalized spacial score (nSPS) is 11.3. The number of rotatable bonds is 10. The molecule has 0 aromatic carbocycles. The van der Waals surface area contributed by atoms with Crippen molar-refractivity contribution in [3.05, 3.63) is 34.5 Å². The van der Waals surface area contributed by atoms with Gasteiger partial charge in [-0.2, -0.15) is 5.26 Å². The fraction of sp³-hybridized carbons (Fsp3) is 0.471. The second-order valence-corrected chi connectivity index (χ2v) is 5.94. The molecule has 1 heterocycles. The van der Waals surface area contributed by atoms with E-state index in [2.05, 4.69) is 10.3 Å². The molecule has 1 N–H and O–H groups in total. The number of esters is 1. The third-order valence-corrected chi connectivity index (χ3v) is 3.89. The van der Waals surface area contributed by atoms with Gasteiger partial charge in [-0.25, -0.2) is 9.78 Å². The highest BCUT2D eigenvalue weighted by molar-refractivity contribution is 8.02. The Balaban J connectivity index is 2.71. The first kappa shape index (κ1) is 20.8. The van der Waals surface area contributed by atoms with Crippen LogP contribution in [0.25, 0.3) is 0 Å². The van der Waals surface area contributed by atoms with E-state index in [0.29, 0.717) is 24.8 Å². The fourth-order valence-corrected chi connectivity index (χ4v) is 2.38. The van der Waals surface area contributed by atoms with Gasteiger partial charge in [-0.15, -0.1) is 11.8 Å². The average Bonchev–Trinajstić information content (AvgIpc) is 2.62. The van der Waals surface area contributed by atoms with Crippen molar-refractivity contribution in [3.8, 4) is 6.07 Å². The van der Waals surface area contributed by atoms with Crippen LogP contribution in [0.2, 0.25) is 0 Å². The lowest BCUT2D eigenvalue weighted by Gasteiger charge is -2.13. The average molecular weight is 364 g/mol. The largest absolute Gasteiger partial charge is 0.459 e. The molecular formula is C17H24N4O3S. The molecule has 0 spiro atoms. The Kier molecular flexibility index (Phi) is 9.43. The smallest absolute Gasteiger partial charge is 0.351 e. The molecule has 0 saturated heterocycles. The van der Waals surface area contributed by atoms with Crippen molar-refractivity contribution < 1.29 is 14.3 Å². The highest BCUT2D eigenvalue weighted by Crippen LogP contribution is 2.16. The quantitative estimate of drug-likeness (QED) is 0.292. The summed E-state index contributed by atoms with van der Waals surface area (Å²) in [5, 5.41) is 12.9. The lowest BCUT2D eigenvalue weighted by molar-refractivity contribution is -0.140. The lowest BCUT2D eigenvalue weighted by atomic mass is 10.2. The Labute approximate surface area is 153 Å². The zero-order valence-corrected chi connectivity index (χ0v) is 15.9. The number of pyridine rings is 1. The molecule has 0 aliphatic carbocycles. The minimum atomic E-state index is -0.653. The van der Waals surface area contributed by atoms with Gasteiger partial charge in [0.1, 0.15) is 18.5 Å². The molecule has 0 saturated carbocycles. The Morgan fingerprint density at radius 1 is 1.40 bits per heavy atom. The summed E-state index contributed by atoms with van der Waals surface area (Å²) in [5.41, 5.74) is 0.904. The molecule has 1 rings (SSSR count). The number of nitrogens with one attached hydrogen (secondary N) is 1. The number of carbonyl (C=O) groups is 1. The van der Waals surface area contributed by atoms with Crippen LogP contribution in [-0.4, -0.2) is 51.1 Å². The minimum absolute atomic E-state index is 0.0399. The summed E-state index contributed by atoms with van der Waals surface area (Å²) in [6, 6.07) is 5.77. The maximum atomic E-state index is 12.0. The lowest BCUT2D eigenvalue weighted by Crippen LogP contribution is -2.19. The monoisotopic (exact) mass is 364 g/mol. The first-order valence-corrected chi connectivity index (χ1v) is 9.05. The fourth-order valence-electron chi connectivity index (χ4n) is 1.83. The van der Waals surface area contributed by atoms with E-state index in [-0.39, 0.29) is 12.2 Å². The van der Waals surface area contributed by atoms with Gasteiger partial charge in [-0.05, 0) is 24.8 Å². The van der Waals surface area contributed by atoms with Crippen molar-refractivity contribution in [1.82, 2.24) is 10.3 Å². The number of ether oxygens (including phenoxy) is 2. The van der Waals surface area contributed by atoms with E-state index in [9.17, 15) is 10.1 Å². The van der Waals surface area contributed by atoms with Gasteiger partial charge in [0.2, 0.25) is 0 Å². The molecule has 0 fully saturated rings. The van der Waals surface area contributed by atoms with Crippen molar-refractivity contribution in [2.24, 2.45) is 0 Å². The molecule has 0 amide bonds. The maximum absolute atomic E-state index is 12.0. The summed E-state index contributed by atoms with van der Waals surface area (Å²) in [5.74, 6) is 0.208. The van der Waals surface area contributed by atoms with Crippen LogP contribution in [-0.2, 0) is 20.8 Å². The summed E-state index contributed by atoms with van der Waals surface area (Å²) in [6.45, 7) is 3.30. The van der Waals surface area contributed by atoms with Crippen molar-refractivity contribution in [1.29, 1.82) is 5.26 Å². The number of anilines is 1. The molecule has 1 aromatic rings. The number of nitrogens with zero attached hydrogens (tertiary/aromatic N) is 3. The molecule has 136 valence electrons. The maximum Gasteiger partial charge on any atom is 0.351 e. The molecule has 8 heteroatoms. The molecule has 0 aliphatic rings. The highest BCUT2D eigenvalue weighted by atomic mass is 32.2. The van der Waals surface area contributed by atoms with Gasteiger partial charge in [0, 0.05) is 33.4 Å². The standard InChI is InChI=1S/C17H24N4O3S/c1-5-23-8-9-24-17(22)14(10-18)16(25-4)20-12-13-6-7-15(19-11-13)21(2)3/h6-7,11,20H,5,8-9,12H2,1-4H3/b16-14-. The molecule has 1 aromatic heterocycles. The Bertz CT molecular complexity index is 624. The summed E-state index contributed by atoms with van der Waals surface area (Å²) >= 11 is 1.29. The van der Waals surface area contributed by atoms with Gasteiger partial charge in [-0.3, -0.25) is 0 Å². The minimum Gasteiger partial charge on any atom is -0.459 e. The molecule has 25 heavy (non-hydrogen) atoms. The van der Waals surface area contributed by atoms with Gasteiger partial charge in [0.25, 0.3) is 0 Å². The molecular weight excluding hydrogens is 340 g/mol. The van der Waals surface area contributed by atoms with Crippen LogP contribution in [0.15, 0.2) is 28.9 Å². The summed E-state index contributed by atoms with van der Waals surface area (Å²) in [7, 11) is 3.84. The summed E-state index contributed by atoms with van der Waals surface area (Å²) in [4.78, 5) is 18.3. The first-order valence-electron chi connectivity index (χ1n) is 7.82. The van der Waals surface area contributed by atoms with E-state index in [4.69, 9.17) is 9.47 Å². The van der Waals surface area contributed by atoms with Crippen LogP contribution in [0.3, 0.4) is 0 Å². The number of hydrogen-bond acceptors (Lipinski definition) is 8.